The Balaban J connectivity index is 2.64. The first-order valence-corrected chi connectivity index (χ1v) is 5.74. The molecule has 0 spiro atoms. The van der Waals surface area contributed by atoms with Crippen molar-refractivity contribution >= 4 is 0 Å². The van der Waals surface area contributed by atoms with Crippen molar-refractivity contribution in [1.29, 1.82) is 0 Å². The highest BCUT2D eigenvalue weighted by Gasteiger charge is 2.14. The van der Waals surface area contributed by atoms with Gasteiger partial charge in [0, 0.05) is 0 Å². The summed E-state index contributed by atoms with van der Waals surface area (Å²) in [5, 5.41) is 0. The van der Waals surface area contributed by atoms with Crippen LogP contribution in [0.25, 0.3) is 0 Å². The highest BCUT2D eigenvalue weighted by atomic mass is 16.5. The van der Waals surface area contributed by atoms with E-state index in [-0.39, 0.29) is 0 Å². The van der Waals surface area contributed by atoms with Gasteiger partial charge in [0.05, 0.1) is 7.11 Å². The van der Waals surface area contributed by atoms with Crippen LogP contribution < -0.4 is 16.2 Å². The fourth-order valence-corrected chi connectivity index (χ4v) is 1.90. The molecule has 0 heterocycles. The second kappa shape index (κ2) is 6.51. The molecule has 0 saturated carbocycles. The summed E-state index contributed by atoms with van der Waals surface area (Å²) >= 11 is 0. The minimum Gasteiger partial charge on any atom is -0.497 e. The van der Waals surface area contributed by atoms with Gasteiger partial charge in [-0.2, -0.15) is 0 Å². The molecule has 90 valence electrons. The summed E-state index contributed by atoms with van der Waals surface area (Å²) in [7, 11) is 1.69. The highest BCUT2D eigenvalue weighted by molar-refractivity contribution is 5.28. The molecule has 0 fully saturated rings. The van der Waals surface area contributed by atoms with E-state index < -0.39 is 0 Å². The Morgan fingerprint density at radius 3 is 2.50 bits per heavy atom. The fourth-order valence-electron chi connectivity index (χ4n) is 1.90. The van der Waals surface area contributed by atoms with E-state index in [2.05, 4.69) is 19.1 Å². The molecular formula is C13H22N2O. The minimum atomic E-state index is 0.395. The van der Waals surface area contributed by atoms with Crippen molar-refractivity contribution in [3.05, 3.63) is 29.8 Å². The largest absolute Gasteiger partial charge is 0.497 e. The average molecular weight is 222 g/mol. The maximum atomic E-state index is 5.69. The van der Waals surface area contributed by atoms with Gasteiger partial charge < -0.3 is 16.2 Å². The van der Waals surface area contributed by atoms with Gasteiger partial charge in [-0.25, -0.2) is 0 Å². The Labute approximate surface area is 97.8 Å². The lowest BCUT2D eigenvalue weighted by Gasteiger charge is -2.20. The number of rotatable bonds is 6. The van der Waals surface area contributed by atoms with E-state index in [4.69, 9.17) is 16.2 Å². The van der Waals surface area contributed by atoms with Crippen LogP contribution in [-0.2, 0) is 6.42 Å². The zero-order chi connectivity index (χ0) is 12.0. The predicted octanol–water partition coefficient (Wildman–Crippen LogP) is 1.41. The van der Waals surface area contributed by atoms with Gasteiger partial charge in [0.25, 0.3) is 0 Å². The van der Waals surface area contributed by atoms with Gasteiger partial charge in [-0.15, -0.1) is 0 Å². The van der Waals surface area contributed by atoms with E-state index in [1.807, 2.05) is 12.1 Å². The molecule has 0 aromatic heterocycles. The van der Waals surface area contributed by atoms with Crippen molar-refractivity contribution in [3.63, 3.8) is 0 Å². The lowest BCUT2D eigenvalue weighted by molar-refractivity contribution is 0.371. The standard InChI is InChI=1S/C13H22N2O/c1-10(12(8-14)9-15)6-11-4-3-5-13(7-11)16-2/h3-5,7,10,12H,6,8-9,14-15H2,1-2H3. The maximum absolute atomic E-state index is 5.69. The summed E-state index contributed by atoms with van der Waals surface area (Å²) in [6, 6.07) is 8.15. The summed E-state index contributed by atoms with van der Waals surface area (Å²) in [5.41, 5.74) is 12.7. The van der Waals surface area contributed by atoms with Crippen LogP contribution in [0.3, 0.4) is 0 Å². The molecule has 4 N–H and O–H groups in total. The van der Waals surface area contributed by atoms with E-state index >= 15 is 0 Å². The predicted molar refractivity (Wildman–Crippen MR) is 67.5 cm³/mol. The molecule has 0 saturated heterocycles. The zero-order valence-corrected chi connectivity index (χ0v) is 10.1. The summed E-state index contributed by atoms with van der Waals surface area (Å²) in [6.07, 6.45) is 0.996. The van der Waals surface area contributed by atoms with Crippen molar-refractivity contribution in [2.24, 2.45) is 23.3 Å². The van der Waals surface area contributed by atoms with Crippen LogP contribution in [-0.4, -0.2) is 20.2 Å². The number of methoxy groups -OCH3 is 1. The van der Waals surface area contributed by atoms with Crippen LogP contribution in [0.4, 0.5) is 0 Å². The third-order valence-corrected chi connectivity index (χ3v) is 3.10. The Morgan fingerprint density at radius 2 is 1.94 bits per heavy atom. The van der Waals surface area contributed by atoms with E-state index in [0.717, 1.165) is 12.2 Å². The average Bonchev–Trinajstić information content (AvgIpc) is 2.31. The molecular weight excluding hydrogens is 200 g/mol. The first kappa shape index (κ1) is 13.0. The first-order valence-electron chi connectivity index (χ1n) is 5.74. The van der Waals surface area contributed by atoms with Gasteiger partial charge in [0.1, 0.15) is 5.75 Å². The van der Waals surface area contributed by atoms with Crippen molar-refractivity contribution < 1.29 is 4.74 Å². The lowest BCUT2D eigenvalue weighted by Crippen LogP contribution is -2.30. The molecule has 0 aliphatic carbocycles. The van der Waals surface area contributed by atoms with Crippen molar-refractivity contribution in [2.45, 2.75) is 13.3 Å². The van der Waals surface area contributed by atoms with E-state index in [1.165, 1.54) is 5.56 Å². The van der Waals surface area contributed by atoms with Gasteiger partial charge in [0.15, 0.2) is 0 Å². The molecule has 1 aromatic carbocycles. The highest BCUT2D eigenvalue weighted by Crippen LogP contribution is 2.19. The monoisotopic (exact) mass is 222 g/mol. The second-order valence-electron chi connectivity index (χ2n) is 4.26. The minimum absolute atomic E-state index is 0.395. The van der Waals surface area contributed by atoms with Gasteiger partial charge in [0.2, 0.25) is 0 Å². The van der Waals surface area contributed by atoms with E-state index in [0.29, 0.717) is 24.9 Å². The number of benzene rings is 1. The van der Waals surface area contributed by atoms with Crippen LogP contribution in [0.2, 0.25) is 0 Å². The normalized spacial score (nSPS) is 12.8. The fraction of sp³-hybridized carbons (Fsp3) is 0.538. The molecule has 1 aromatic rings. The quantitative estimate of drug-likeness (QED) is 0.765. The van der Waals surface area contributed by atoms with Crippen LogP contribution in [0.1, 0.15) is 12.5 Å². The summed E-state index contributed by atoms with van der Waals surface area (Å²) in [6.45, 7) is 3.51. The second-order valence-corrected chi connectivity index (χ2v) is 4.26. The van der Waals surface area contributed by atoms with Gasteiger partial charge in [-0.3, -0.25) is 0 Å². The van der Waals surface area contributed by atoms with E-state index in [9.17, 15) is 0 Å². The van der Waals surface area contributed by atoms with Crippen LogP contribution >= 0.6 is 0 Å². The Bertz CT molecular complexity index is 311. The van der Waals surface area contributed by atoms with Crippen LogP contribution in [0, 0.1) is 11.8 Å². The zero-order valence-electron chi connectivity index (χ0n) is 10.1. The Kier molecular flexibility index (Phi) is 5.29. The molecule has 0 aliphatic heterocycles. The SMILES string of the molecule is COc1cccc(CC(C)C(CN)CN)c1. The van der Waals surface area contributed by atoms with Crippen molar-refractivity contribution in [3.8, 4) is 5.75 Å². The molecule has 1 atom stereocenters. The number of hydrogen-bond acceptors (Lipinski definition) is 3. The van der Waals surface area contributed by atoms with E-state index in [1.54, 1.807) is 7.11 Å². The lowest BCUT2D eigenvalue weighted by atomic mass is 9.88. The molecule has 0 bridgehead atoms. The third-order valence-electron chi connectivity index (χ3n) is 3.10. The summed E-state index contributed by atoms with van der Waals surface area (Å²) in [5.74, 6) is 1.80. The van der Waals surface area contributed by atoms with Gasteiger partial charge >= 0.3 is 0 Å². The van der Waals surface area contributed by atoms with Gasteiger partial charge in [-0.05, 0) is 49.0 Å². The first-order chi connectivity index (χ1) is 7.71. The molecule has 0 radical (unpaired) electrons. The molecule has 3 nitrogen and oxygen atoms in total. The van der Waals surface area contributed by atoms with Crippen molar-refractivity contribution in [1.82, 2.24) is 0 Å². The molecule has 16 heavy (non-hydrogen) atoms. The maximum Gasteiger partial charge on any atom is 0.119 e. The molecule has 0 amide bonds. The summed E-state index contributed by atoms with van der Waals surface area (Å²) in [4.78, 5) is 0. The smallest absolute Gasteiger partial charge is 0.119 e. The molecule has 3 heteroatoms. The van der Waals surface area contributed by atoms with Gasteiger partial charge in [-0.1, -0.05) is 19.1 Å². The number of ether oxygens (including phenoxy) is 1. The topological polar surface area (TPSA) is 61.3 Å². The van der Waals surface area contributed by atoms with Crippen molar-refractivity contribution in [2.75, 3.05) is 20.2 Å². The number of nitrogens with two attached hydrogens (primary N) is 2. The van der Waals surface area contributed by atoms with Crippen LogP contribution in [0.15, 0.2) is 24.3 Å². The third kappa shape index (κ3) is 3.51. The Morgan fingerprint density at radius 1 is 1.25 bits per heavy atom. The molecule has 1 unspecified atom stereocenters. The van der Waals surface area contributed by atoms with Crippen LogP contribution in [0.5, 0.6) is 5.75 Å². The Hall–Kier alpha value is -1.06. The number of hydrogen-bond donors (Lipinski definition) is 2. The molecule has 0 aliphatic rings. The molecule has 1 rings (SSSR count). The summed E-state index contributed by atoms with van der Waals surface area (Å²) < 4.78 is 5.20.